The van der Waals surface area contributed by atoms with Gasteiger partial charge in [-0.15, -0.1) is 0 Å². The highest BCUT2D eigenvalue weighted by Crippen LogP contribution is 2.10. The van der Waals surface area contributed by atoms with Gasteiger partial charge in [-0.2, -0.15) is 0 Å². The van der Waals surface area contributed by atoms with Gasteiger partial charge in [0.05, 0.1) is 13.2 Å². The Hall–Kier alpha value is -2.19. The van der Waals surface area contributed by atoms with E-state index in [1.165, 1.54) is 11.0 Å². The summed E-state index contributed by atoms with van der Waals surface area (Å²) in [5.41, 5.74) is 2.03. The minimum Gasteiger partial charge on any atom is -0.379 e. The zero-order chi connectivity index (χ0) is 21.1. The molecule has 0 aliphatic carbocycles. The molecule has 0 bridgehead atoms. The number of guanidine groups is 1. The van der Waals surface area contributed by atoms with E-state index in [4.69, 9.17) is 4.74 Å². The van der Waals surface area contributed by atoms with E-state index in [0.717, 1.165) is 63.4 Å². The maximum atomic E-state index is 13.3. The van der Waals surface area contributed by atoms with Crippen LogP contribution in [0, 0.1) is 12.7 Å². The van der Waals surface area contributed by atoms with Crippen molar-refractivity contribution in [2.24, 2.45) is 4.99 Å². The number of hydrogen-bond donors (Lipinski definition) is 2. The number of aryl methyl sites for hydroxylation is 1. The van der Waals surface area contributed by atoms with Crippen LogP contribution in [0.2, 0.25) is 0 Å². The van der Waals surface area contributed by atoms with Crippen LogP contribution in [0.25, 0.3) is 0 Å². The quantitative estimate of drug-likeness (QED) is 0.363. The van der Waals surface area contributed by atoms with Gasteiger partial charge in [0, 0.05) is 40.3 Å². The van der Waals surface area contributed by atoms with E-state index in [2.05, 4.69) is 20.5 Å². The molecule has 1 fully saturated rings. The van der Waals surface area contributed by atoms with E-state index in [1.54, 1.807) is 20.2 Å². The molecule has 0 radical (unpaired) electrons. The van der Waals surface area contributed by atoms with Crippen molar-refractivity contribution in [3.8, 4) is 0 Å². The Morgan fingerprint density at radius 3 is 2.66 bits per heavy atom. The lowest BCUT2D eigenvalue weighted by Gasteiger charge is -2.26. The number of nitrogens with one attached hydrogen (secondary N) is 2. The van der Waals surface area contributed by atoms with E-state index in [-0.39, 0.29) is 18.3 Å². The Bertz CT molecular complexity index is 675. The predicted octanol–water partition coefficient (Wildman–Crippen LogP) is 1.02. The minimum absolute atomic E-state index is 0.0474. The minimum atomic E-state index is -0.217. The molecule has 1 aromatic carbocycles. The van der Waals surface area contributed by atoms with Gasteiger partial charge in [0.2, 0.25) is 5.91 Å². The first-order chi connectivity index (χ1) is 14.0. The molecule has 2 N–H and O–H groups in total. The van der Waals surface area contributed by atoms with Gasteiger partial charge in [-0.05, 0) is 49.6 Å². The molecule has 1 saturated heterocycles. The molecule has 7 nitrogen and oxygen atoms in total. The highest BCUT2D eigenvalue weighted by atomic mass is 19.1. The monoisotopic (exact) mass is 407 g/mol. The first-order valence-corrected chi connectivity index (χ1v) is 10.2. The third-order valence-electron chi connectivity index (χ3n) is 4.91. The summed E-state index contributed by atoms with van der Waals surface area (Å²) in [5, 5.41) is 6.60. The number of likely N-dealkylation sites (N-methyl/N-ethyl adjacent to an activating group) is 1. The fourth-order valence-corrected chi connectivity index (χ4v) is 3.05. The topological polar surface area (TPSA) is 69.2 Å². The molecular weight excluding hydrogens is 373 g/mol. The van der Waals surface area contributed by atoms with Gasteiger partial charge in [-0.3, -0.25) is 9.69 Å². The number of carbonyl (C=O) groups excluding carboxylic acids is 1. The zero-order valence-corrected chi connectivity index (χ0v) is 17.8. The van der Waals surface area contributed by atoms with Crippen molar-refractivity contribution in [1.82, 2.24) is 20.4 Å². The van der Waals surface area contributed by atoms with E-state index in [0.29, 0.717) is 12.5 Å². The molecule has 0 atom stereocenters. The van der Waals surface area contributed by atoms with Crippen LogP contribution < -0.4 is 10.6 Å². The molecule has 1 aliphatic rings. The lowest BCUT2D eigenvalue weighted by Crippen LogP contribution is -2.42. The zero-order valence-electron chi connectivity index (χ0n) is 17.8. The van der Waals surface area contributed by atoms with E-state index in [1.807, 2.05) is 13.0 Å². The molecule has 29 heavy (non-hydrogen) atoms. The number of carbonyl (C=O) groups is 1. The Labute approximate surface area is 173 Å². The summed E-state index contributed by atoms with van der Waals surface area (Å²) in [6.07, 6.45) is 1.74. The number of morpholine rings is 1. The fourth-order valence-electron chi connectivity index (χ4n) is 3.05. The molecular formula is C21H34FN5O2. The molecule has 1 amide bonds. The van der Waals surface area contributed by atoms with Crippen molar-refractivity contribution in [3.63, 3.8) is 0 Å². The molecule has 1 aliphatic heterocycles. The third kappa shape index (κ3) is 8.79. The van der Waals surface area contributed by atoms with Gasteiger partial charge in [0.15, 0.2) is 5.96 Å². The van der Waals surface area contributed by atoms with Crippen molar-refractivity contribution in [3.05, 3.63) is 35.1 Å². The van der Waals surface area contributed by atoms with Gasteiger partial charge in [-0.25, -0.2) is 9.38 Å². The SMILES string of the molecule is Cc1cc(F)ccc1CCNC(=NCC(=O)N(C)C)NCCCN1CCOCC1. The average molecular weight is 408 g/mol. The number of nitrogens with zero attached hydrogens (tertiary/aromatic N) is 3. The van der Waals surface area contributed by atoms with Crippen molar-refractivity contribution in [2.45, 2.75) is 19.8 Å². The second-order valence-electron chi connectivity index (χ2n) is 7.43. The van der Waals surface area contributed by atoms with Crippen LogP contribution in [0.3, 0.4) is 0 Å². The summed E-state index contributed by atoms with van der Waals surface area (Å²) in [6, 6.07) is 4.84. The largest absolute Gasteiger partial charge is 0.379 e. The van der Waals surface area contributed by atoms with Gasteiger partial charge in [0.25, 0.3) is 0 Å². The fraction of sp³-hybridized carbons (Fsp3) is 0.619. The second kappa shape index (κ2) is 12.4. The van der Waals surface area contributed by atoms with Crippen LogP contribution in [0.4, 0.5) is 4.39 Å². The molecule has 0 spiro atoms. The van der Waals surface area contributed by atoms with E-state index >= 15 is 0 Å². The maximum absolute atomic E-state index is 13.3. The lowest BCUT2D eigenvalue weighted by atomic mass is 10.1. The summed E-state index contributed by atoms with van der Waals surface area (Å²) >= 11 is 0. The maximum Gasteiger partial charge on any atom is 0.243 e. The van der Waals surface area contributed by atoms with Gasteiger partial charge >= 0.3 is 0 Å². The summed E-state index contributed by atoms with van der Waals surface area (Å²) < 4.78 is 18.6. The predicted molar refractivity (Wildman–Crippen MR) is 114 cm³/mol. The van der Waals surface area contributed by atoms with Crippen LogP contribution in [0.5, 0.6) is 0 Å². The molecule has 8 heteroatoms. The molecule has 162 valence electrons. The Balaban J connectivity index is 1.81. The number of hydrogen-bond acceptors (Lipinski definition) is 4. The van der Waals surface area contributed by atoms with Crippen molar-refractivity contribution < 1.29 is 13.9 Å². The Kier molecular flexibility index (Phi) is 9.87. The van der Waals surface area contributed by atoms with E-state index < -0.39 is 0 Å². The first kappa shape index (κ1) is 23.1. The van der Waals surface area contributed by atoms with Gasteiger partial charge < -0.3 is 20.3 Å². The smallest absolute Gasteiger partial charge is 0.243 e. The molecule has 1 heterocycles. The van der Waals surface area contributed by atoms with E-state index in [9.17, 15) is 9.18 Å². The number of benzene rings is 1. The van der Waals surface area contributed by atoms with Crippen LogP contribution in [-0.2, 0) is 16.0 Å². The van der Waals surface area contributed by atoms with Crippen LogP contribution in [0.1, 0.15) is 17.5 Å². The number of aliphatic imine (C=N–C) groups is 1. The highest BCUT2D eigenvalue weighted by molar-refractivity contribution is 5.84. The van der Waals surface area contributed by atoms with Crippen LogP contribution in [-0.4, -0.2) is 88.2 Å². The molecule has 2 rings (SSSR count). The number of amides is 1. The molecule has 0 unspecified atom stereocenters. The number of halogens is 1. The molecule has 0 saturated carbocycles. The first-order valence-electron chi connectivity index (χ1n) is 10.2. The number of rotatable bonds is 9. The van der Waals surface area contributed by atoms with Crippen molar-refractivity contribution in [1.29, 1.82) is 0 Å². The molecule has 1 aromatic rings. The third-order valence-corrected chi connectivity index (χ3v) is 4.91. The van der Waals surface area contributed by atoms with Crippen LogP contribution >= 0.6 is 0 Å². The normalized spacial score (nSPS) is 15.2. The van der Waals surface area contributed by atoms with Crippen LogP contribution in [0.15, 0.2) is 23.2 Å². The summed E-state index contributed by atoms with van der Waals surface area (Å²) in [5.74, 6) is 0.362. The molecule has 0 aromatic heterocycles. The van der Waals surface area contributed by atoms with Crippen molar-refractivity contribution in [2.75, 3.05) is 66.6 Å². The summed E-state index contributed by atoms with van der Waals surface area (Å²) in [7, 11) is 3.44. The second-order valence-corrected chi connectivity index (χ2v) is 7.43. The lowest BCUT2D eigenvalue weighted by molar-refractivity contribution is -0.127. The Morgan fingerprint density at radius 1 is 1.24 bits per heavy atom. The summed E-state index contributed by atoms with van der Waals surface area (Å²) in [4.78, 5) is 20.2. The Morgan fingerprint density at radius 2 is 1.97 bits per heavy atom. The van der Waals surface area contributed by atoms with Gasteiger partial charge in [0.1, 0.15) is 12.4 Å². The van der Waals surface area contributed by atoms with Gasteiger partial charge in [-0.1, -0.05) is 6.07 Å². The number of ether oxygens (including phenoxy) is 1. The van der Waals surface area contributed by atoms with Crippen molar-refractivity contribution >= 4 is 11.9 Å². The standard InChI is InChI=1S/C21H34FN5O2/c1-17-15-19(22)6-5-18(17)7-9-24-21(25-16-20(28)26(2)3)23-8-4-10-27-11-13-29-14-12-27/h5-6,15H,4,7-14,16H2,1-3H3,(H2,23,24,25). The average Bonchev–Trinajstić information content (AvgIpc) is 2.70. The highest BCUT2D eigenvalue weighted by Gasteiger charge is 2.10. The summed E-state index contributed by atoms with van der Waals surface area (Å²) in [6.45, 7) is 8.01.